The van der Waals surface area contributed by atoms with Crippen molar-refractivity contribution in [1.82, 2.24) is 14.8 Å². The Balaban J connectivity index is 1.27. The Hall–Kier alpha value is -3.97. The van der Waals surface area contributed by atoms with Gasteiger partial charge in [0.15, 0.2) is 5.82 Å². The highest BCUT2D eigenvalue weighted by Crippen LogP contribution is 2.31. The van der Waals surface area contributed by atoms with Crippen LogP contribution >= 0.6 is 11.3 Å². The summed E-state index contributed by atoms with van der Waals surface area (Å²) in [6, 6.07) is 25.4. The van der Waals surface area contributed by atoms with E-state index in [4.69, 9.17) is 4.98 Å². The van der Waals surface area contributed by atoms with Crippen molar-refractivity contribution in [2.75, 3.05) is 10.6 Å². The van der Waals surface area contributed by atoms with E-state index in [0.717, 1.165) is 27.3 Å². The van der Waals surface area contributed by atoms with Gasteiger partial charge in [0, 0.05) is 24.4 Å². The number of anilines is 2. The number of amides is 2. The molecule has 5 rings (SSSR count). The summed E-state index contributed by atoms with van der Waals surface area (Å²) < 4.78 is 2.92. The van der Waals surface area contributed by atoms with Gasteiger partial charge in [0.2, 0.25) is 0 Å². The predicted octanol–water partition coefficient (Wildman–Crippen LogP) is 6.32. The first-order valence-electron chi connectivity index (χ1n) is 10.2. The molecule has 3 aromatic carbocycles. The molecule has 0 saturated heterocycles. The number of nitrogens with one attached hydrogen (secondary N) is 2. The third-order valence-corrected chi connectivity index (χ3v) is 6.19. The largest absolute Gasteiger partial charge is 0.324 e. The van der Waals surface area contributed by atoms with Crippen molar-refractivity contribution in [3.8, 4) is 21.8 Å². The van der Waals surface area contributed by atoms with E-state index in [1.165, 1.54) is 10.3 Å². The second-order valence-electron chi connectivity index (χ2n) is 7.55. The molecule has 6 nitrogen and oxygen atoms in total. The third-order valence-electron chi connectivity index (χ3n) is 5.12. The Kier molecular flexibility index (Phi) is 5.17. The number of carbonyl (C=O) groups excluding carboxylic acids is 1. The topological polar surface area (TPSA) is 71.8 Å². The molecule has 2 amide bonds. The maximum Gasteiger partial charge on any atom is 0.324 e. The standard InChI is InChI=1S/C25H21N5OS/c1-16-8-13-20-22(14-16)32-24(27-20)18-9-11-19(12-10-18)26-25(31)28-23-15-21(30(2)29-23)17-6-4-3-5-7-17/h3-15H,1-2H3,(H2,26,28,29,31). The Bertz CT molecular complexity index is 1400. The fourth-order valence-corrected chi connectivity index (χ4v) is 4.61. The number of nitrogens with zero attached hydrogens (tertiary/aromatic N) is 3. The van der Waals surface area contributed by atoms with E-state index in [1.807, 2.05) is 73.8 Å². The van der Waals surface area contributed by atoms with Gasteiger partial charge in [-0.25, -0.2) is 9.78 Å². The van der Waals surface area contributed by atoms with Crippen molar-refractivity contribution < 1.29 is 4.79 Å². The number of hydrogen-bond donors (Lipinski definition) is 2. The maximum atomic E-state index is 12.5. The first-order valence-corrected chi connectivity index (χ1v) is 11.0. The molecule has 32 heavy (non-hydrogen) atoms. The summed E-state index contributed by atoms with van der Waals surface area (Å²) in [5.74, 6) is 0.491. The molecule has 2 heterocycles. The fourth-order valence-electron chi connectivity index (χ4n) is 3.54. The van der Waals surface area contributed by atoms with E-state index in [-0.39, 0.29) is 6.03 Å². The van der Waals surface area contributed by atoms with Crippen LogP contribution in [-0.4, -0.2) is 20.8 Å². The lowest BCUT2D eigenvalue weighted by molar-refractivity contribution is 0.262. The highest BCUT2D eigenvalue weighted by molar-refractivity contribution is 7.21. The van der Waals surface area contributed by atoms with Crippen LogP contribution in [0.2, 0.25) is 0 Å². The van der Waals surface area contributed by atoms with E-state index >= 15 is 0 Å². The monoisotopic (exact) mass is 439 g/mol. The normalized spacial score (nSPS) is 10.9. The van der Waals surface area contributed by atoms with Crippen LogP contribution in [0.15, 0.2) is 78.9 Å². The van der Waals surface area contributed by atoms with Crippen LogP contribution in [0.1, 0.15) is 5.56 Å². The fraction of sp³-hybridized carbons (Fsp3) is 0.0800. The number of aryl methyl sites for hydroxylation is 2. The molecule has 0 radical (unpaired) electrons. The van der Waals surface area contributed by atoms with E-state index in [9.17, 15) is 4.79 Å². The molecule has 2 aromatic heterocycles. The van der Waals surface area contributed by atoms with Gasteiger partial charge in [-0.1, -0.05) is 36.4 Å². The highest BCUT2D eigenvalue weighted by atomic mass is 32.1. The number of thiazole rings is 1. The Morgan fingerprint density at radius 2 is 1.69 bits per heavy atom. The molecule has 5 aromatic rings. The van der Waals surface area contributed by atoms with Gasteiger partial charge in [-0.2, -0.15) is 5.10 Å². The smallest absolute Gasteiger partial charge is 0.308 e. The molecule has 0 aliphatic heterocycles. The molecule has 0 unspecified atom stereocenters. The van der Waals surface area contributed by atoms with Crippen LogP contribution in [0.3, 0.4) is 0 Å². The molecule has 0 spiro atoms. The van der Waals surface area contributed by atoms with Crippen molar-refractivity contribution in [3.05, 3.63) is 84.4 Å². The average Bonchev–Trinajstić information content (AvgIpc) is 3.37. The van der Waals surface area contributed by atoms with Gasteiger partial charge in [0.1, 0.15) is 5.01 Å². The number of hydrogen-bond acceptors (Lipinski definition) is 4. The summed E-state index contributed by atoms with van der Waals surface area (Å²) in [7, 11) is 1.85. The van der Waals surface area contributed by atoms with Crippen LogP contribution in [0.5, 0.6) is 0 Å². The Morgan fingerprint density at radius 1 is 0.906 bits per heavy atom. The van der Waals surface area contributed by atoms with Gasteiger partial charge in [-0.05, 0) is 54.4 Å². The second-order valence-corrected chi connectivity index (χ2v) is 8.58. The zero-order chi connectivity index (χ0) is 22.1. The highest BCUT2D eigenvalue weighted by Gasteiger charge is 2.11. The molecular weight excluding hydrogens is 418 g/mol. The first kappa shape index (κ1) is 20.0. The molecule has 0 atom stereocenters. The SMILES string of the molecule is Cc1ccc2nc(-c3ccc(NC(=O)Nc4cc(-c5ccccc5)n(C)n4)cc3)sc2c1. The minimum atomic E-state index is -0.342. The average molecular weight is 440 g/mol. The van der Waals surface area contributed by atoms with Gasteiger partial charge >= 0.3 is 6.03 Å². The summed E-state index contributed by atoms with van der Waals surface area (Å²) in [6.07, 6.45) is 0. The zero-order valence-corrected chi connectivity index (χ0v) is 18.5. The minimum Gasteiger partial charge on any atom is -0.308 e. The van der Waals surface area contributed by atoms with Crippen molar-refractivity contribution in [3.63, 3.8) is 0 Å². The molecule has 158 valence electrons. The molecule has 7 heteroatoms. The molecule has 0 fully saturated rings. The minimum absolute atomic E-state index is 0.342. The van der Waals surface area contributed by atoms with Crippen LogP contribution in [0.25, 0.3) is 32.0 Å². The zero-order valence-electron chi connectivity index (χ0n) is 17.7. The Labute approximate surface area is 189 Å². The number of urea groups is 1. The molecule has 0 aliphatic carbocycles. The van der Waals surface area contributed by atoms with Gasteiger partial charge in [-0.15, -0.1) is 11.3 Å². The molecule has 2 N–H and O–H groups in total. The van der Waals surface area contributed by atoms with E-state index in [0.29, 0.717) is 11.5 Å². The van der Waals surface area contributed by atoms with Crippen LogP contribution in [0.4, 0.5) is 16.3 Å². The molecular formula is C25H21N5OS. The molecule has 0 saturated carbocycles. The lowest BCUT2D eigenvalue weighted by Gasteiger charge is -2.06. The van der Waals surface area contributed by atoms with Crippen molar-refractivity contribution in [2.45, 2.75) is 6.92 Å². The second kappa shape index (κ2) is 8.28. The van der Waals surface area contributed by atoms with Crippen LogP contribution in [0, 0.1) is 6.92 Å². The number of fused-ring (bicyclic) bond motifs is 1. The van der Waals surface area contributed by atoms with Crippen molar-refractivity contribution in [2.24, 2.45) is 7.05 Å². The maximum absolute atomic E-state index is 12.5. The van der Waals surface area contributed by atoms with E-state index in [1.54, 1.807) is 16.0 Å². The van der Waals surface area contributed by atoms with Gasteiger partial charge < -0.3 is 5.32 Å². The van der Waals surface area contributed by atoms with Crippen LogP contribution in [-0.2, 0) is 7.05 Å². The first-order chi connectivity index (χ1) is 15.5. The summed E-state index contributed by atoms with van der Waals surface area (Å²) in [5.41, 5.74) is 5.91. The number of carbonyl (C=O) groups is 1. The summed E-state index contributed by atoms with van der Waals surface area (Å²) in [4.78, 5) is 17.2. The number of aromatic nitrogens is 3. The van der Waals surface area contributed by atoms with Gasteiger partial charge in [0.05, 0.1) is 15.9 Å². The lowest BCUT2D eigenvalue weighted by Crippen LogP contribution is -2.19. The van der Waals surface area contributed by atoms with Gasteiger partial charge in [-0.3, -0.25) is 10.00 Å². The summed E-state index contributed by atoms with van der Waals surface area (Å²) in [5, 5.41) is 11.0. The van der Waals surface area contributed by atoms with Crippen molar-refractivity contribution in [1.29, 1.82) is 0 Å². The van der Waals surface area contributed by atoms with Gasteiger partial charge in [0.25, 0.3) is 0 Å². The molecule has 0 aliphatic rings. The lowest BCUT2D eigenvalue weighted by atomic mass is 10.1. The Morgan fingerprint density at radius 3 is 2.47 bits per heavy atom. The van der Waals surface area contributed by atoms with Crippen molar-refractivity contribution >= 4 is 39.1 Å². The summed E-state index contributed by atoms with van der Waals surface area (Å²) >= 11 is 1.67. The van der Waals surface area contributed by atoms with E-state index in [2.05, 4.69) is 34.8 Å². The van der Waals surface area contributed by atoms with E-state index < -0.39 is 0 Å². The third kappa shape index (κ3) is 4.10. The summed E-state index contributed by atoms with van der Waals surface area (Å²) in [6.45, 7) is 2.08. The quantitative estimate of drug-likeness (QED) is 0.344. The predicted molar refractivity (Wildman–Crippen MR) is 131 cm³/mol. The number of benzene rings is 3. The van der Waals surface area contributed by atoms with Crippen LogP contribution < -0.4 is 10.6 Å². The number of rotatable bonds is 4. The molecule has 0 bridgehead atoms.